The fraction of sp³-hybridized carbons (Fsp3) is 0.125. The van der Waals surface area contributed by atoms with Gasteiger partial charge < -0.3 is 10.6 Å². The molecule has 0 atom stereocenters. The summed E-state index contributed by atoms with van der Waals surface area (Å²) in [5.74, 6) is -1.87. The predicted octanol–water partition coefficient (Wildman–Crippen LogP) is -1.65. The highest BCUT2D eigenvalue weighted by Crippen LogP contribution is 1.94. The van der Waals surface area contributed by atoms with E-state index in [1.54, 1.807) is 6.07 Å². The molecule has 8 heteroatoms. The number of hydrogen-bond donors (Lipinski definition) is 3. The normalized spacial score (nSPS) is 8.94. The summed E-state index contributed by atoms with van der Waals surface area (Å²) in [7, 11) is 0. The topological polar surface area (TPSA) is 128 Å². The van der Waals surface area contributed by atoms with Gasteiger partial charge in [-0.25, -0.2) is 5.10 Å². The van der Waals surface area contributed by atoms with Crippen molar-refractivity contribution in [3.63, 3.8) is 0 Å². The number of nitriles is 1. The minimum atomic E-state index is -0.963. The molecule has 0 aliphatic carbocycles. The second kappa shape index (κ2) is 5.26. The van der Waals surface area contributed by atoms with E-state index in [1.807, 2.05) is 0 Å². The number of H-pyrrole nitrogens is 1. The van der Waals surface area contributed by atoms with Gasteiger partial charge in [-0.05, 0) is 6.07 Å². The van der Waals surface area contributed by atoms with Crippen molar-refractivity contribution in [2.45, 2.75) is 0 Å². The first-order valence-electron chi connectivity index (χ1n) is 4.15. The fourth-order valence-electron chi connectivity index (χ4n) is 0.787. The lowest BCUT2D eigenvalue weighted by Crippen LogP contribution is -2.35. The van der Waals surface area contributed by atoms with Crippen molar-refractivity contribution in [2.24, 2.45) is 0 Å². The van der Waals surface area contributed by atoms with Gasteiger partial charge >= 0.3 is 11.8 Å². The van der Waals surface area contributed by atoms with Crippen molar-refractivity contribution in [2.75, 3.05) is 11.9 Å². The van der Waals surface area contributed by atoms with Crippen LogP contribution in [0.2, 0.25) is 0 Å². The molecule has 1 aromatic heterocycles. The molecule has 1 heterocycles. The maximum Gasteiger partial charge on any atom is 0.314 e. The Hall–Kier alpha value is -2.69. The largest absolute Gasteiger partial charge is 0.335 e. The minimum Gasteiger partial charge on any atom is -0.335 e. The molecule has 0 aliphatic rings. The van der Waals surface area contributed by atoms with Crippen LogP contribution < -0.4 is 16.2 Å². The van der Waals surface area contributed by atoms with Gasteiger partial charge in [-0.2, -0.15) is 10.4 Å². The van der Waals surface area contributed by atoms with E-state index in [4.69, 9.17) is 5.26 Å². The van der Waals surface area contributed by atoms with Crippen LogP contribution in [0.3, 0.4) is 0 Å². The van der Waals surface area contributed by atoms with Crippen LogP contribution in [0.25, 0.3) is 0 Å². The quantitative estimate of drug-likeness (QED) is 0.407. The summed E-state index contributed by atoms with van der Waals surface area (Å²) in [4.78, 5) is 32.8. The van der Waals surface area contributed by atoms with Crippen molar-refractivity contribution >= 4 is 17.6 Å². The summed E-state index contributed by atoms with van der Waals surface area (Å²) in [6.45, 7) is -0.259. The Labute approximate surface area is 89.3 Å². The van der Waals surface area contributed by atoms with E-state index in [9.17, 15) is 14.4 Å². The lowest BCUT2D eigenvalue weighted by molar-refractivity contribution is -0.136. The van der Waals surface area contributed by atoms with Crippen LogP contribution in [-0.4, -0.2) is 28.6 Å². The second-order valence-electron chi connectivity index (χ2n) is 2.60. The first kappa shape index (κ1) is 11.4. The summed E-state index contributed by atoms with van der Waals surface area (Å²) in [6.07, 6.45) is 0. The Kier molecular flexibility index (Phi) is 3.74. The third-order valence-corrected chi connectivity index (χ3v) is 1.45. The molecule has 0 spiro atoms. The van der Waals surface area contributed by atoms with Gasteiger partial charge in [0, 0.05) is 6.07 Å². The van der Waals surface area contributed by atoms with Crippen molar-refractivity contribution < 1.29 is 9.59 Å². The van der Waals surface area contributed by atoms with E-state index in [1.165, 1.54) is 6.07 Å². The molecule has 0 saturated heterocycles. The Balaban J connectivity index is 2.58. The molecule has 0 aromatic carbocycles. The van der Waals surface area contributed by atoms with E-state index in [0.29, 0.717) is 0 Å². The Morgan fingerprint density at radius 3 is 2.75 bits per heavy atom. The number of rotatable bonds is 2. The summed E-state index contributed by atoms with van der Waals surface area (Å²) < 4.78 is 0. The van der Waals surface area contributed by atoms with Crippen LogP contribution >= 0.6 is 0 Å². The first-order valence-corrected chi connectivity index (χ1v) is 4.15. The first-order chi connectivity index (χ1) is 7.63. The molecule has 0 bridgehead atoms. The number of amides is 2. The number of carbonyl (C=O) groups is 2. The Morgan fingerprint density at radius 1 is 1.44 bits per heavy atom. The fourth-order valence-corrected chi connectivity index (χ4v) is 0.787. The zero-order valence-corrected chi connectivity index (χ0v) is 7.98. The number of nitrogens with one attached hydrogen (secondary N) is 3. The van der Waals surface area contributed by atoms with Gasteiger partial charge in [0.2, 0.25) is 0 Å². The van der Waals surface area contributed by atoms with E-state index in [0.717, 1.165) is 6.07 Å². The van der Waals surface area contributed by atoms with Gasteiger partial charge in [-0.15, -0.1) is 0 Å². The molecule has 0 saturated carbocycles. The van der Waals surface area contributed by atoms with Crippen LogP contribution in [0.1, 0.15) is 0 Å². The smallest absolute Gasteiger partial charge is 0.314 e. The molecular weight excluding hydrogens is 214 g/mol. The van der Waals surface area contributed by atoms with E-state index >= 15 is 0 Å². The average molecular weight is 221 g/mol. The highest BCUT2D eigenvalue weighted by Gasteiger charge is 2.13. The van der Waals surface area contributed by atoms with Crippen LogP contribution in [-0.2, 0) is 9.59 Å². The average Bonchev–Trinajstić information content (AvgIpc) is 2.29. The number of anilines is 1. The summed E-state index contributed by atoms with van der Waals surface area (Å²) in [5.41, 5.74) is -0.424. The van der Waals surface area contributed by atoms with Crippen molar-refractivity contribution in [3.8, 4) is 6.07 Å². The molecule has 16 heavy (non-hydrogen) atoms. The maximum atomic E-state index is 11.1. The van der Waals surface area contributed by atoms with E-state index in [2.05, 4.69) is 20.8 Å². The van der Waals surface area contributed by atoms with Gasteiger partial charge in [-0.1, -0.05) is 0 Å². The summed E-state index contributed by atoms with van der Waals surface area (Å²) in [6, 6.07) is 4.04. The number of aromatic amines is 1. The summed E-state index contributed by atoms with van der Waals surface area (Å²) >= 11 is 0. The van der Waals surface area contributed by atoms with Gasteiger partial charge in [0.05, 0.1) is 6.07 Å². The van der Waals surface area contributed by atoms with Crippen molar-refractivity contribution in [1.82, 2.24) is 15.5 Å². The highest BCUT2D eigenvalue weighted by molar-refractivity contribution is 6.39. The number of nitrogens with zero attached hydrogens (tertiary/aromatic N) is 2. The molecule has 8 nitrogen and oxygen atoms in total. The van der Waals surface area contributed by atoms with Crippen LogP contribution in [0.5, 0.6) is 0 Å². The van der Waals surface area contributed by atoms with Gasteiger partial charge in [-0.3, -0.25) is 14.4 Å². The molecule has 0 fully saturated rings. The van der Waals surface area contributed by atoms with Crippen molar-refractivity contribution in [3.05, 3.63) is 22.5 Å². The van der Waals surface area contributed by atoms with E-state index < -0.39 is 17.4 Å². The number of hydrogen-bond acceptors (Lipinski definition) is 5. The lowest BCUT2D eigenvalue weighted by Gasteiger charge is -2.01. The molecule has 0 unspecified atom stereocenters. The third kappa shape index (κ3) is 3.22. The molecule has 3 N–H and O–H groups in total. The van der Waals surface area contributed by atoms with Crippen LogP contribution in [0, 0.1) is 11.3 Å². The Morgan fingerprint density at radius 2 is 2.19 bits per heavy atom. The monoisotopic (exact) mass is 221 g/mol. The molecular formula is C8H7N5O3. The van der Waals surface area contributed by atoms with Crippen LogP contribution in [0.4, 0.5) is 5.82 Å². The molecule has 2 amide bonds. The lowest BCUT2D eigenvalue weighted by atomic mass is 10.4. The van der Waals surface area contributed by atoms with Gasteiger partial charge in [0.15, 0.2) is 5.82 Å². The maximum absolute atomic E-state index is 11.1. The van der Waals surface area contributed by atoms with Gasteiger partial charge in [0.25, 0.3) is 5.56 Å². The number of aromatic nitrogens is 2. The molecule has 0 aliphatic heterocycles. The number of carbonyl (C=O) groups excluding carboxylic acids is 2. The standard InChI is InChI=1S/C8H7N5O3/c9-3-4-10-7(15)8(16)11-5-1-2-6(14)13-12-5/h1-2H,4H2,(H,10,15)(H,13,14)(H,11,12,16). The van der Waals surface area contributed by atoms with E-state index in [-0.39, 0.29) is 12.4 Å². The minimum absolute atomic E-state index is 0.0386. The van der Waals surface area contributed by atoms with Crippen LogP contribution in [0.15, 0.2) is 16.9 Å². The molecule has 82 valence electrons. The van der Waals surface area contributed by atoms with Crippen molar-refractivity contribution in [1.29, 1.82) is 5.26 Å². The zero-order valence-electron chi connectivity index (χ0n) is 7.98. The van der Waals surface area contributed by atoms with Gasteiger partial charge in [0.1, 0.15) is 6.54 Å². The predicted molar refractivity (Wildman–Crippen MR) is 52.1 cm³/mol. The SMILES string of the molecule is N#CCNC(=O)C(=O)Nc1ccc(=O)[nH]n1. The zero-order chi connectivity index (χ0) is 12.0. The second-order valence-corrected chi connectivity index (χ2v) is 2.60. The molecule has 1 aromatic rings. The summed E-state index contributed by atoms with van der Waals surface area (Å²) in [5, 5.41) is 17.9. The molecule has 0 radical (unpaired) electrons. The third-order valence-electron chi connectivity index (χ3n) is 1.45. The highest BCUT2D eigenvalue weighted by atomic mass is 16.2. The molecule has 1 rings (SSSR count). The Bertz CT molecular complexity index is 481.